The number of halogens is 1. The number of rotatable bonds is 3. The second-order valence-electron chi connectivity index (χ2n) is 10.9. The summed E-state index contributed by atoms with van der Waals surface area (Å²) in [5, 5.41) is 16.8. The molecule has 5 rings (SSSR count). The van der Waals surface area contributed by atoms with E-state index in [4.69, 9.17) is 11.6 Å². The minimum Gasteiger partial charge on any atom is -0.411 e. The first-order chi connectivity index (χ1) is 15.9. The third-order valence-corrected chi connectivity index (χ3v) is 9.42. The number of hydrogen-bond donors (Lipinski definition) is 2. The van der Waals surface area contributed by atoms with Crippen molar-refractivity contribution in [2.24, 2.45) is 39.2 Å². The Balaban J connectivity index is 1.32. The van der Waals surface area contributed by atoms with Crippen LogP contribution >= 0.6 is 11.6 Å². The van der Waals surface area contributed by atoms with Gasteiger partial charge in [-0.1, -0.05) is 30.3 Å². The number of alkyl halides is 1. The third-order valence-electron chi connectivity index (χ3n) is 9.12. The number of hydrogen-bond acceptors (Lipinski definition) is 4. The van der Waals surface area contributed by atoms with Crippen LogP contribution in [0.3, 0.4) is 0 Å². The summed E-state index contributed by atoms with van der Waals surface area (Å²) in [6, 6.07) is 0. The molecule has 3 saturated carbocycles. The van der Waals surface area contributed by atoms with E-state index in [-0.39, 0.29) is 16.7 Å². The molecule has 6 atom stereocenters. The Morgan fingerprint density at radius 3 is 3.00 bits per heavy atom. The SMILES string of the molecule is CC1=CCCN=C1NC(=O)CC[C@@H]1C/C(=N\O)[C@@]2(C)CCC3C4=CCC(Cl)C=C4CCC3C12. The molecule has 0 bridgehead atoms. The molecule has 178 valence electrons. The molecule has 3 fully saturated rings. The van der Waals surface area contributed by atoms with Crippen molar-refractivity contribution in [2.45, 2.75) is 77.0 Å². The first kappa shape index (κ1) is 22.9. The molecule has 1 amide bonds. The zero-order valence-corrected chi connectivity index (χ0v) is 20.6. The van der Waals surface area contributed by atoms with Crippen LogP contribution in [0.15, 0.2) is 45.1 Å². The molecular weight excluding hydrogens is 434 g/mol. The molecule has 4 aliphatic carbocycles. The van der Waals surface area contributed by atoms with Crippen LogP contribution in [0.5, 0.6) is 0 Å². The summed E-state index contributed by atoms with van der Waals surface area (Å²) in [5.74, 6) is 2.76. The number of nitrogens with zero attached hydrogens (tertiary/aromatic N) is 2. The van der Waals surface area contributed by atoms with E-state index < -0.39 is 0 Å². The molecule has 6 heteroatoms. The van der Waals surface area contributed by atoms with Crippen LogP contribution in [0.1, 0.15) is 71.6 Å². The van der Waals surface area contributed by atoms with Gasteiger partial charge in [-0.25, -0.2) is 0 Å². The Morgan fingerprint density at radius 1 is 1.36 bits per heavy atom. The van der Waals surface area contributed by atoms with Gasteiger partial charge in [0.25, 0.3) is 0 Å². The molecule has 5 aliphatic rings. The molecule has 33 heavy (non-hydrogen) atoms. The van der Waals surface area contributed by atoms with Gasteiger partial charge in [-0.15, -0.1) is 11.6 Å². The average Bonchev–Trinajstić information content (AvgIpc) is 3.10. The minimum atomic E-state index is -0.0602. The summed E-state index contributed by atoms with van der Waals surface area (Å²) in [4.78, 5) is 17.3. The second kappa shape index (κ2) is 9.05. The zero-order chi connectivity index (χ0) is 23.2. The lowest BCUT2D eigenvalue weighted by atomic mass is 9.53. The molecule has 0 spiro atoms. The van der Waals surface area contributed by atoms with Crippen molar-refractivity contribution < 1.29 is 10.0 Å². The fraction of sp³-hybridized carbons (Fsp3) is 0.667. The van der Waals surface area contributed by atoms with Gasteiger partial charge < -0.3 is 10.5 Å². The van der Waals surface area contributed by atoms with Crippen molar-refractivity contribution in [3.63, 3.8) is 0 Å². The second-order valence-corrected chi connectivity index (χ2v) is 11.5. The van der Waals surface area contributed by atoms with Crippen LogP contribution in [0, 0.1) is 29.1 Å². The number of nitrogens with one attached hydrogen (secondary N) is 1. The highest BCUT2D eigenvalue weighted by atomic mass is 35.5. The maximum absolute atomic E-state index is 12.8. The van der Waals surface area contributed by atoms with E-state index in [0.29, 0.717) is 30.1 Å². The molecule has 0 saturated heterocycles. The number of aliphatic imine (C=N–C) groups is 1. The highest BCUT2D eigenvalue weighted by Crippen LogP contribution is 2.62. The number of amides is 1. The van der Waals surface area contributed by atoms with E-state index in [1.54, 1.807) is 0 Å². The van der Waals surface area contributed by atoms with E-state index in [9.17, 15) is 10.0 Å². The summed E-state index contributed by atoms with van der Waals surface area (Å²) < 4.78 is 0. The highest BCUT2D eigenvalue weighted by Gasteiger charge is 2.58. The molecule has 5 nitrogen and oxygen atoms in total. The smallest absolute Gasteiger partial charge is 0.225 e. The predicted octanol–water partition coefficient (Wildman–Crippen LogP) is 5.79. The van der Waals surface area contributed by atoms with Gasteiger partial charge in [0.15, 0.2) is 0 Å². The number of fused-ring (bicyclic) bond motifs is 5. The lowest BCUT2D eigenvalue weighted by Crippen LogP contribution is -2.46. The van der Waals surface area contributed by atoms with E-state index in [1.807, 2.05) is 6.92 Å². The fourth-order valence-corrected chi connectivity index (χ4v) is 7.84. The van der Waals surface area contributed by atoms with E-state index >= 15 is 0 Å². The average molecular weight is 470 g/mol. The summed E-state index contributed by atoms with van der Waals surface area (Å²) in [6.07, 6.45) is 15.3. The van der Waals surface area contributed by atoms with Gasteiger partial charge in [-0.05, 0) is 98.7 Å². The van der Waals surface area contributed by atoms with Crippen molar-refractivity contribution in [1.29, 1.82) is 0 Å². The number of oxime groups is 1. The topological polar surface area (TPSA) is 74.0 Å². The van der Waals surface area contributed by atoms with Gasteiger partial charge >= 0.3 is 0 Å². The lowest BCUT2D eigenvalue weighted by Gasteiger charge is -2.51. The molecular formula is C27H36ClN3O2. The van der Waals surface area contributed by atoms with Crippen molar-refractivity contribution in [3.05, 3.63) is 34.9 Å². The van der Waals surface area contributed by atoms with E-state index in [1.165, 1.54) is 17.6 Å². The Hall–Kier alpha value is -1.88. The first-order valence-corrected chi connectivity index (χ1v) is 13.1. The molecule has 0 aromatic carbocycles. The van der Waals surface area contributed by atoms with Crippen molar-refractivity contribution >= 4 is 29.1 Å². The lowest BCUT2D eigenvalue weighted by molar-refractivity contribution is -0.120. The van der Waals surface area contributed by atoms with Crippen LogP contribution < -0.4 is 5.32 Å². The van der Waals surface area contributed by atoms with Gasteiger partial charge in [-0.2, -0.15) is 0 Å². The maximum atomic E-state index is 12.8. The molecule has 2 N–H and O–H groups in total. The predicted molar refractivity (Wildman–Crippen MR) is 133 cm³/mol. The number of dihydropyridines is 1. The minimum absolute atomic E-state index is 0.0452. The van der Waals surface area contributed by atoms with Crippen LogP contribution in [-0.4, -0.2) is 34.6 Å². The number of amidine groups is 1. The normalized spacial score (nSPS) is 38.9. The fourth-order valence-electron chi connectivity index (χ4n) is 7.60. The Bertz CT molecular complexity index is 978. The van der Waals surface area contributed by atoms with Crippen LogP contribution in [0.25, 0.3) is 0 Å². The molecule has 1 aliphatic heterocycles. The first-order valence-electron chi connectivity index (χ1n) is 12.7. The van der Waals surface area contributed by atoms with Crippen molar-refractivity contribution in [3.8, 4) is 0 Å². The van der Waals surface area contributed by atoms with Gasteiger partial charge in [0.05, 0.1) is 11.1 Å². The van der Waals surface area contributed by atoms with Crippen LogP contribution in [0.2, 0.25) is 0 Å². The number of allylic oxidation sites excluding steroid dienone is 4. The summed E-state index contributed by atoms with van der Waals surface area (Å²) >= 11 is 6.42. The summed E-state index contributed by atoms with van der Waals surface area (Å²) in [6.45, 7) is 5.06. The maximum Gasteiger partial charge on any atom is 0.225 e. The monoisotopic (exact) mass is 469 g/mol. The van der Waals surface area contributed by atoms with Gasteiger partial charge in [0.1, 0.15) is 5.84 Å². The summed E-state index contributed by atoms with van der Waals surface area (Å²) in [5.41, 5.74) is 4.95. The molecule has 0 radical (unpaired) electrons. The highest BCUT2D eigenvalue weighted by molar-refractivity contribution is 6.22. The Labute approximate surface area is 202 Å². The Kier molecular flexibility index (Phi) is 6.28. The largest absolute Gasteiger partial charge is 0.411 e. The summed E-state index contributed by atoms with van der Waals surface area (Å²) in [7, 11) is 0. The van der Waals surface area contributed by atoms with Crippen LogP contribution in [-0.2, 0) is 4.79 Å². The molecule has 0 aromatic heterocycles. The Morgan fingerprint density at radius 2 is 2.21 bits per heavy atom. The van der Waals surface area contributed by atoms with E-state index in [0.717, 1.165) is 68.6 Å². The van der Waals surface area contributed by atoms with Gasteiger partial charge in [0.2, 0.25) is 5.91 Å². The molecule has 1 heterocycles. The van der Waals surface area contributed by atoms with Gasteiger partial charge in [0, 0.05) is 18.4 Å². The number of carbonyl (C=O) groups is 1. The van der Waals surface area contributed by atoms with Crippen molar-refractivity contribution in [2.75, 3.05) is 6.54 Å². The van der Waals surface area contributed by atoms with Crippen LogP contribution in [0.4, 0.5) is 0 Å². The van der Waals surface area contributed by atoms with E-state index in [2.05, 4.69) is 40.6 Å². The quantitative estimate of drug-likeness (QED) is 0.312. The number of carbonyl (C=O) groups excluding carboxylic acids is 1. The van der Waals surface area contributed by atoms with Crippen molar-refractivity contribution in [1.82, 2.24) is 5.32 Å². The molecule has 0 aromatic rings. The third kappa shape index (κ3) is 4.11. The molecule has 4 unspecified atom stereocenters. The zero-order valence-electron chi connectivity index (χ0n) is 19.8. The standard InChI is InChI=1S/C27H36ClN3O2/c1-16-4-3-13-29-26(16)30-24(32)10-6-18-15-23(31-33)27(2)12-11-21-20-9-7-19(28)14-17(20)5-8-22(21)25(18)27/h4,9,14,18-19,21-22,25,33H,3,5-8,10-13,15H2,1-2H3,(H,29,30,32)/b31-23+/t18-,19?,21?,22?,25?,27-/m1/s1. The van der Waals surface area contributed by atoms with Gasteiger partial charge in [-0.3, -0.25) is 9.79 Å².